The second-order valence-electron chi connectivity index (χ2n) is 7.95. The number of hydrogen-bond acceptors (Lipinski definition) is 6. The molecule has 0 aromatic heterocycles. The summed E-state index contributed by atoms with van der Waals surface area (Å²) >= 11 is 0. The molecule has 0 aliphatic heterocycles. The number of rotatable bonds is 6. The van der Waals surface area contributed by atoms with E-state index in [2.05, 4.69) is 5.32 Å². The zero-order chi connectivity index (χ0) is 20.8. The van der Waals surface area contributed by atoms with Gasteiger partial charge in [0.2, 0.25) is 0 Å². The summed E-state index contributed by atoms with van der Waals surface area (Å²) < 4.78 is 10.5. The predicted octanol–water partition coefficient (Wildman–Crippen LogP) is 3.27. The van der Waals surface area contributed by atoms with Crippen LogP contribution in [0.15, 0.2) is 24.3 Å². The summed E-state index contributed by atoms with van der Waals surface area (Å²) in [6.07, 6.45) is -0.769. The zero-order valence-electron chi connectivity index (χ0n) is 16.7. The van der Waals surface area contributed by atoms with E-state index in [1.807, 2.05) is 0 Å². The molecular formula is C19H28N2O6. The van der Waals surface area contributed by atoms with Gasteiger partial charge in [-0.3, -0.25) is 14.5 Å². The molecule has 8 nitrogen and oxygen atoms in total. The third kappa shape index (κ3) is 8.94. The fraction of sp³-hybridized carbons (Fsp3) is 0.526. The van der Waals surface area contributed by atoms with Gasteiger partial charge in [-0.05, 0) is 59.7 Å². The van der Waals surface area contributed by atoms with Crippen LogP contribution in [0.25, 0.3) is 0 Å². The average molecular weight is 380 g/mol. The Bertz CT molecular complexity index is 688. The maximum Gasteiger partial charge on any atom is 0.415 e. The number of amides is 1. The average Bonchev–Trinajstić information content (AvgIpc) is 2.47. The molecule has 27 heavy (non-hydrogen) atoms. The minimum absolute atomic E-state index is 0.0634. The highest BCUT2D eigenvalue weighted by Gasteiger charge is 2.25. The van der Waals surface area contributed by atoms with Crippen LogP contribution in [0.4, 0.5) is 16.2 Å². The summed E-state index contributed by atoms with van der Waals surface area (Å²) in [6, 6.07) is 6.50. The highest BCUT2D eigenvalue weighted by molar-refractivity contribution is 5.93. The van der Waals surface area contributed by atoms with Crippen molar-refractivity contribution in [1.82, 2.24) is 0 Å². The van der Waals surface area contributed by atoms with Crippen LogP contribution in [0.5, 0.6) is 0 Å². The maximum atomic E-state index is 12.4. The van der Waals surface area contributed by atoms with Crippen LogP contribution in [-0.4, -0.2) is 47.4 Å². The summed E-state index contributed by atoms with van der Waals surface area (Å²) in [6.45, 7) is 9.80. The third-order valence-corrected chi connectivity index (χ3v) is 2.92. The van der Waals surface area contributed by atoms with Gasteiger partial charge in [-0.2, -0.15) is 0 Å². The van der Waals surface area contributed by atoms with E-state index >= 15 is 0 Å². The lowest BCUT2D eigenvalue weighted by molar-refractivity contribution is -0.152. The fourth-order valence-electron chi connectivity index (χ4n) is 2.05. The molecule has 1 aromatic rings. The van der Waals surface area contributed by atoms with E-state index in [0.29, 0.717) is 11.4 Å². The standard InChI is InChI=1S/C19H28N2O6/c1-18(2,3)26-16(24)11-20-13-8-7-9-14(10-13)21(12-15(22)23)17(25)27-19(4,5)6/h7-10,20H,11-12H2,1-6H3,(H,22,23). The molecule has 0 aliphatic rings. The maximum absolute atomic E-state index is 12.4. The van der Waals surface area contributed by atoms with Gasteiger partial charge in [-0.1, -0.05) is 6.07 Å². The monoisotopic (exact) mass is 380 g/mol. The first-order valence-corrected chi connectivity index (χ1v) is 8.55. The minimum Gasteiger partial charge on any atom is -0.480 e. The largest absolute Gasteiger partial charge is 0.480 e. The lowest BCUT2D eigenvalue weighted by atomic mass is 10.2. The summed E-state index contributed by atoms with van der Waals surface area (Å²) in [5, 5.41) is 12.0. The zero-order valence-corrected chi connectivity index (χ0v) is 16.7. The molecule has 1 rings (SSSR count). The molecule has 0 unspecified atom stereocenters. The number of carbonyl (C=O) groups excluding carboxylic acids is 2. The number of carboxylic acids is 1. The van der Waals surface area contributed by atoms with Gasteiger partial charge in [0.1, 0.15) is 24.3 Å². The van der Waals surface area contributed by atoms with E-state index < -0.39 is 35.8 Å². The minimum atomic E-state index is -1.17. The number of carbonyl (C=O) groups is 3. The molecule has 0 heterocycles. The summed E-state index contributed by atoms with van der Waals surface area (Å²) in [5.41, 5.74) is -0.478. The number of carboxylic acid groups (broad SMARTS) is 1. The van der Waals surface area contributed by atoms with Gasteiger partial charge >= 0.3 is 18.0 Å². The summed E-state index contributed by atoms with van der Waals surface area (Å²) in [7, 11) is 0. The molecule has 1 amide bonds. The van der Waals surface area contributed by atoms with Gasteiger partial charge in [0.25, 0.3) is 0 Å². The second-order valence-corrected chi connectivity index (χ2v) is 7.95. The molecular weight excluding hydrogens is 352 g/mol. The molecule has 1 aromatic carbocycles. The highest BCUT2D eigenvalue weighted by Crippen LogP contribution is 2.22. The van der Waals surface area contributed by atoms with E-state index in [9.17, 15) is 14.4 Å². The molecule has 0 saturated carbocycles. The first kappa shape index (κ1) is 22.3. The number of ether oxygens (including phenoxy) is 2. The molecule has 0 bridgehead atoms. The van der Waals surface area contributed by atoms with E-state index in [0.717, 1.165) is 4.90 Å². The Labute approximate surface area is 159 Å². The van der Waals surface area contributed by atoms with Crippen LogP contribution in [0.2, 0.25) is 0 Å². The fourth-order valence-corrected chi connectivity index (χ4v) is 2.05. The van der Waals surface area contributed by atoms with Crippen molar-refractivity contribution in [2.24, 2.45) is 0 Å². The van der Waals surface area contributed by atoms with Crippen LogP contribution in [0.1, 0.15) is 41.5 Å². The molecule has 0 spiro atoms. The number of benzene rings is 1. The Morgan fingerprint density at radius 1 is 1.04 bits per heavy atom. The Balaban J connectivity index is 2.92. The predicted molar refractivity (Wildman–Crippen MR) is 102 cm³/mol. The van der Waals surface area contributed by atoms with Crippen molar-refractivity contribution >= 4 is 29.4 Å². The lowest BCUT2D eigenvalue weighted by Gasteiger charge is -2.26. The third-order valence-electron chi connectivity index (χ3n) is 2.92. The highest BCUT2D eigenvalue weighted by atomic mass is 16.6. The number of anilines is 2. The quantitative estimate of drug-likeness (QED) is 0.730. The van der Waals surface area contributed by atoms with E-state index in [4.69, 9.17) is 14.6 Å². The van der Waals surface area contributed by atoms with Gasteiger partial charge < -0.3 is 19.9 Å². The Kier molecular flexibility index (Phi) is 7.21. The van der Waals surface area contributed by atoms with Crippen molar-refractivity contribution in [3.8, 4) is 0 Å². The smallest absolute Gasteiger partial charge is 0.415 e. The molecule has 0 radical (unpaired) electrons. The molecule has 0 aliphatic carbocycles. The van der Waals surface area contributed by atoms with Crippen LogP contribution < -0.4 is 10.2 Å². The van der Waals surface area contributed by atoms with Crippen molar-refractivity contribution < 1.29 is 29.0 Å². The van der Waals surface area contributed by atoms with Gasteiger partial charge in [0.05, 0.1) is 0 Å². The first-order valence-electron chi connectivity index (χ1n) is 8.55. The van der Waals surface area contributed by atoms with Crippen LogP contribution in [0.3, 0.4) is 0 Å². The second kappa shape index (κ2) is 8.75. The van der Waals surface area contributed by atoms with Gasteiger partial charge in [-0.25, -0.2) is 4.79 Å². The Morgan fingerprint density at radius 2 is 1.63 bits per heavy atom. The van der Waals surface area contributed by atoms with E-state index in [-0.39, 0.29) is 6.54 Å². The molecule has 150 valence electrons. The lowest BCUT2D eigenvalue weighted by Crippen LogP contribution is -2.40. The van der Waals surface area contributed by atoms with E-state index in [1.165, 1.54) is 0 Å². The van der Waals surface area contributed by atoms with Crippen LogP contribution >= 0.6 is 0 Å². The van der Waals surface area contributed by atoms with Gasteiger partial charge in [-0.15, -0.1) is 0 Å². The van der Waals surface area contributed by atoms with Crippen LogP contribution in [0, 0.1) is 0 Å². The van der Waals surface area contributed by atoms with Crippen molar-refractivity contribution in [1.29, 1.82) is 0 Å². The number of nitrogens with zero attached hydrogens (tertiary/aromatic N) is 1. The van der Waals surface area contributed by atoms with Crippen molar-refractivity contribution in [3.63, 3.8) is 0 Å². The number of aliphatic carboxylic acids is 1. The summed E-state index contributed by atoms with van der Waals surface area (Å²) in [4.78, 5) is 36.4. The molecule has 0 atom stereocenters. The van der Waals surface area contributed by atoms with Crippen molar-refractivity contribution in [3.05, 3.63) is 24.3 Å². The van der Waals surface area contributed by atoms with E-state index in [1.54, 1.807) is 65.8 Å². The molecule has 2 N–H and O–H groups in total. The Morgan fingerprint density at radius 3 is 2.15 bits per heavy atom. The topological polar surface area (TPSA) is 105 Å². The Hall–Kier alpha value is -2.77. The van der Waals surface area contributed by atoms with Crippen LogP contribution in [-0.2, 0) is 19.1 Å². The first-order chi connectivity index (χ1) is 12.3. The normalized spacial score (nSPS) is 11.5. The number of nitrogens with one attached hydrogen (secondary N) is 1. The molecule has 0 saturated heterocycles. The van der Waals surface area contributed by atoms with Crippen molar-refractivity contribution in [2.45, 2.75) is 52.7 Å². The van der Waals surface area contributed by atoms with Gasteiger partial charge in [0, 0.05) is 11.4 Å². The molecule has 0 fully saturated rings. The van der Waals surface area contributed by atoms with Gasteiger partial charge in [0.15, 0.2) is 0 Å². The summed E-state index contributed by atoms with van der Waals surface area (Å²) in [5.74, 6) is -1.60. The number of esters is 1. The molecule has 8 heteroatoms. The number of hydrogen-bond donors (Lipinski definition) is 2. The SMILES string of the molecule is CC(C)(C)OC(=O)CNc1cccc(N(CC(=O)O)C(=O)OC(C)(C)C)c1. The van der Waals surface area contributed by atoms with Crippen molar-refractivity contribution in [2.75, 3.05) is 23.3 Å².